The van der Waals surface area contributed by atoms with Crippen LogP contribution in [0.25, 0.3) is 0 Å². The molecule has 1 saturated heterocycles. The van der Waals surface area contributed by atoms with Gasteiger partial charge in [-0.05, 0) is 30.5 Å². The summed E-state index contributed by atoms with van der Waals surface area (Å²) in [5, 5.41) is 10.2. The van der Waals surface area contributed by atoms with Crippen LogP contribution >= 0.6 is 11.8 Å². The number of aromatic nitrogens is 2. The molecule has 3 rings (SSSR count). The van der Waals surface area contributed by atoms with Crippen LogP contribution in [0.15, 0.2) is 29.6 Å². The summed E-state index contributed by atoms with van der Waals surface area (Å²) in [5.41, 5.74) is 1.28. The zero-order valence-corrected chi connectivity index (χ0v) is 13.4. The van der Waals surface area contributed by atoms with Crippen molar-refractivity contribution >= 4 is 11.8 Å². The van der Waals surface area contributed by atoms with E-state index in [2.05, 4.69) is 4.98 Å². The number of halogens is 2. The maximum Gasteiger partial charge on any atom is 0.168 e. The summed E-state index contributed by atoms with van der Waals surface area (Å²) in [5.74, 6) is -0.763. The highest BCUT2D eigenvalue weighted by atomic mass is 32.2. The Morgan fingerprint density at radius 3 is 2.74 bits per heavy atom. The van der Waals surface area contributed by atoms with Gasteiger partial charge in [-0.2, -0.15) is 0 Å². The first-order valence-corrected chi connectivity index (χ1v) is 8.49. The molecule has 1 aliphatic rings. The molecular formula is C16H18F2N2O2S. The van der Waals surface area contributed by atoms with Crippen LogP contribution in [0.4, 0.5) is 8.78 Å². The molecule has 0 amide bonds. The molecule has 0 aliphatic carbocycles. The lowest BCUT2D eigenvalue weighted by atomic mass is 10.2. The van der Waals surface area contributed by atoms with Gasteiger partial charge in [-0.1, -0.05) is 11.8 Å². The van der Waals surface area contributed by atoms with Crippen LogP contribution in [-0.2, 0) is 23.6 Å². The van der Waals surface area contributed by atoms with Gasteiger partial charge in [-0.3, -0.25) is 0 Å². The highest BCUT2D eigenvalue weighted by Crippen LogP contribution is 2.26. The van der Waals surface area contributed by atoms with Gasteiger partial charge in [0.2, 0.25) is 0 Å². The summed E-state index contributed by atoms with van der Waals surface area (Å²) in [6.45, 7) is 1.30. The van der Waals surface area contributed by atoms with E-state index in [-0.39, 0.29) is 12.7 Å². The van der Waals surface area contributed by atoms with Gasteiger partial charge < -0.3 is 14.4 Å². The molecule has 7 heteroatoms. The topological polar surface area (TPSA) is 47.3 Å². The van der Waals surface area contributed by atoms with E-state index in [9.17, 15) is 13.9 Å². The summed E-state index contributed by atoms with van der Waals surface area (Å²) in [6.07, 6.45) is 3.78. The molecule has 1 aliphatic heterocycles. The third kappa shape index (κ3) is 4.10. The van der Waals surface area contributed by atoms with E-state index in [1.54, 1.807) is 6.20 Å². The first-order valence-electron chi connectivity index (χ1n) is 7.50. The number of aliphatic hydroxyl groups is 1. The summed E-state index contributed by atoms with van der Waals surface area (Å²) in [7, 11) is 0. The van der Waals surface area contributed by atoms with Crippen molar-refractivity contribution in [1.29, 1.82) is 0 Å². The number of aliphatic hydroxyl groups excluding tert-OH is 1. The first-order chi connectivity index (χ1) is 11.2. The second-order valence-electron chi connectivity index (χ2n) is 5.50. The Labute approximate surface area is 137 Å². The molecular weight excluding hydrogens is 322 g/mol. The average molecular weight is 340 g/mol. The number of rotatable bonds is 6. The van der Waals surface area contributed by atoms with Crippen molar-refractivity contribution in [3.05, 3.63) is 47.3 Å². The van der Waals surface area contributed by atoms with Crippen LogP contribution in [0.5, 0.6) is 0 Å². The molecule has 1 fully saturated rings. The summed E-state index contributed by atoms with van der Waals surface area (Å²) < 4.78 is 34.0. The predicted molar refractivity (Wildman–Crippen MR) is 83.0 cm³/mol. The Kier molecular flexibility index (Phi) is 5.30. The van der Waals surface area contributed by atoms with Crippen LogP contribution < -0.4 is 0 Å². The van der Waals surface area contributed by atoms with Crippen molar-refractivity contribution < 1.29 is 18.6 Å². The number of nitrogens with zero attached hydrogens (tertiary/aromatic N) is 2. The number of imidazole rings is 1. The fraction of sp³-hybridized carbons (Fsp3) is 0.438. The van der Waals surface area contributed by atoms with Gasteiger partial charge in [0.15, 0.2) is 5.16 Å². The lowest BCUT2D eigenvalue weighted by Gasteiger charge is -2.15. The third-order valence-electron chi connectivity index (χ3n) is 3.76. The Bertz CT molecular complexity index is 652. The van der Waals surface area contributed by atoms with Crippen molar-refractivity contribution in [2.45, 2.75) is 43.0 Å². The number of hydrogen-bond donors (Lipinski definition) is 1. The fourth-order valence-corrected chi connectivity index (χ4v) is 3.60. The van der Waals surface area contributed by atoms with Crippen molar-refractivity contribution in [2.24, 2.45) is 0 Å². The minimum absolute atomic E-state index is 0.102. The molecule has 4 nitrogen and oxygen atoms in total. The fourth-order valence-electron chi connectivity index (χ4n) is 2.66. The maximum atomic E-state index is 13.2. The van der Waals surface area contributed by atoms with Gasteiger partial charge in [0.05, 0.1) is 31.1 Å². The highest BCUT2D eigenvalue weighted by molar-refractivity contribution is 7.98. The molecule has 1 N–H and O–H groups in total. The van der Waals surface area contributed by atoms with Gasteiger partial charge in [-0.15, -0.1) is 0 Å². The molecule has 0 unspecified atom stereocenters. The van der Waals surface area contributed by atoms with Crippen LogP contribution in [0.2, 0.25) is 0 Å². The molecule has 0 saturated carbocycles. The zero-order valence-electron chi connectivity index (χ0n) is 12.5. The first kappa shape index (κ1) is 16.4. The monoisotopic (exact) mass is 340 g/mol. The molecule has 124 valence electrons. The quantitative estimate of drug-likeness (QED) is 0.821. The highest BCUT2D eigenvalue weighted by Gasteiger charge is 2.20. The Hall–Kier alpha value is -1.44. The van der Waals surface area contributed by atoms with Crippen molar-refractivity contribution in [3.8, 4) is 0 Å². The van der Waals surface area contributed by atoms with E-state index in [1.165, 1.54) is 23.9 Å². The van der Waals surface area contributed by atoms with Crippen LogP contribution in [-0.4, -0.2) is 27.4 Å². The van der Waals surface area contributed by atoms with Gasteiger partial charge in [-0.25, -0.2) is 13.8 Å². The second-order valence-corrected chi connectivity index (χ2v) is 6.44. The maximum absolute atomic E-state index is 13.2. The van der Waals surface area contributed by atoms with Crippen molar-refractivity contribution in [1.82, 2.24) is 9.55 Å². The minimum Gasteiger partial charge on any atom is -0.390 e. The molecule has 1 aromatic carbocycles. The van der Waals surface area contributed by atoms with Crippen molar-refractivity contribution in [3.63, 3.8) is 0 Å². The van der Waals surface area contributed by atoms with Gasteiger partial charge in [0, 0.05) is 18.4 Å². The normalized spacial score (nSPS) is 17.8. The Morgan fingerprint density at radius 2 is 2.09 bits per heavy atom. The van der Waals surface area contributed by atoms with Crippen LogP contribution in [0, 0.1) is 11.6 Å². The van der Waals surface area contributed by atoms with E-state index < -0.39 is 11.6 Å². The largest absolute Gasteiger partial charge is 0.390 e. The van der Waals surface area contributed by atoms with Gasteiger partial charge >= 0.3 is 0 Å². The Morgan fingerprint density at radius 1 is 1.30 bits per heavy atom. The second kappa shape index (κ2) is 7.42. The summed E-state index contributed by atoms with van der Waals surface area (Å²) in [6, 6.07) is 3.49. The zero-order chi connectivity index (χ0) is 16.2. The lowest BCUT2D eigenvalue weighted by Crippen LogP contribution is -2.17. The van der Waals surface area contributed by atoms with E-state index in [1.807, 2.05) is 4.57 Å². The number of ether oxygens (including phenoxy) is 1. The predicted octanol–water partition coefficient (Wildman–Crippen LogP) is 3.12. The standard InChI is InChI=1S/C16H18F2N2O2S/c17-12-4-11(5-13(18)6-12)10-23-16-19-7-14(9-21)20(16)8-15-2-1-3-22-15/h4-7,15,21H,1-3,8-10H2/t15-/m1/s1. The molecule has 0 bridgehead atoms. The average Bonchev–Trinajstić information content (AvgIpc) is 3.14. The van der Waals surface area contributed by atoms with Gasteiger partial charge in [0.25, 0.3) is 0 Å². The molecule has 2 heterocycles. The van der Waals surface area contributed by atoms with Crippen LogP contribution in [0.3, 0.4) is 0 Å². The van der Waals surface area contributed by atoms with E-state index >= 15 is 0 Å². The number of thioether (sulfide) groups is 1. The number of hydrogen-bond acceptors (Lipinski definition) is 4. The molecule has 0 radical (unpaired) electrons. The van der Waals surface area contributed by atoms with E-state index in [0.717, 1.165) is 25.5 Å². The Balaban J connectivity index is 1.72. The summed E-state index contributed by atoms with van der Waals surface area (Å²) >= 11 is 1.39. The minimum atomic E-state index is -0.584. The molecule has 1 aromatic heterocycles. The smallest absolute Gasteiger partial charge is 0.168 e. The molecule has 23 heavy (non-hydrogen) atoms. The molecule has 0 spiro atoms. The summed E-state index contributed by atoms with van der Waals surface area (Å²) in [4.78, 5) is 4.31. The van der Waals surface area contributed by atoms with Crippen molar-refractivity contribution in [2.75, 3.05) is 6.61 Å². The van der Waals surface area contributed by atoms with Crippen LogP contribution in [0.1, 0.15) is 24.1 Å². The number of benzene rings is 1. The SMILES string of the molecule is OCc1cnc(SCc2cc(F)cc(F)c2)n1C[C@H]1CCCO1. The third-order valence-corrected chi connectivity index (χ3v) is 4.83. The lowest BCUT2D eigenvalue weighted by molar-refractivity contribution is 0.0930. The van der Waals surface area contributed by atoms with E-state index in [0.29, 0.717) is 28.7 Å². The molecule has 1 atom stereocenters. The molecule has 2 aromatic rings. The van der Waals surface area contributed by atoms with E-state index in [4.69, 9.17) is 4.74 Å². The van der Waals surface area contributed by atoms with Gasteiger partial charge in [0.1, 0.15) is 11.6 Å².